The van der Waals surface area contributed by atoms with E-state index in [-0.39, 0.29) is 24.9 Å². The van der Waals surface area contributed by atoms with Crippen LogP contribution in [0.25, 0.3) is 10.8 Å². The van der Waals surface area contributed by atoms with Crippen LogP contribution in [-0.4, -0.2) is 58.2 Å². The Morgan fingerprint density at radius 2 is 1.90 bits per heavy atom. The predicted molar refractivity (Wildman–Crippen MR) is 154 cm³/mol. The molecule has 0 saturated carbocycles. The standard InChI is InChI=1S/C30H39N3O6S/c1-8-30(7,27(35)39-29(4,5)6)33-23(34)18-21-19(3)24(25-31-15-17-38-25)40-26(21)32(28(33)36)16-14-20-12-10-11-13-22(20)37-9-2/h10-13,15,17,20,22H,8-9,14,16,18H2,1-7H3. The van der Waals surface area contributed by atoms with Crippen LogP contribution in [0.4, 0.5) is 9.80 Å². The number of fused-ring (bicyclic) bond motifs is 1. The summed E-state index contributed by atoms with van der Waals surface area (Å²) in [7, 11) is 0. The predicted octanol–water partition coefficient (Wildman–Crippen LogP) is 6.07. The van der Waals surface area contributed by atoms with Crippen LogP contribution in [0.1, 0.15) is 65.5 Å². The average Bonchev–Trinajstić information content (AvgIpc) is 3.51. The summed E-state index contributed by atoms with van der Waals surface area (Å²) in [6.45, 7) is 13.5. The molecule has 4 rings (SSSR count). The quantitative estimate of drug-likeness (QED) is 0.338. The summed E-state index contributed by atoms with van der Waals surface area (Å²) in [4.78, 5) is 49.6. The van der Waals surface area contributed by atoms with Gasteiger partial charge in [0.15, 0.2) is 0 Å². The van der Waals surface area contributed by atoms with Crippen LogP contribution < -0.4 is 4.90 Å². The van der Waals surface area contributed by atoms with Gasteiger partial charge in [-0.3, -0.25) is 9.69 Å². The first-order valence-corrected chi connectivity index (χ1v) is 14.6. The molecule has 3 amide bonds. The molecule has 2 aromatic heterocycles. The van der Waals surface area contributed by atoms with E-state index >= 15 is 0 Å². The van der Waals surface area contributed by atoms with E-state index < -0.39 is 29.0 Å². The topological polar surface area (TPSA) is 102 Å². The molecular weight excluding hydrogens is 530 g/mol. The first-order chi connectivity index (χ1) is 18.9. The zero-order chi connectivity index (χ0) is 29.2. The highest BCUT2D eigenvalue weighted by Gasteiger charge is 2.50. The van der Waals surface area contributed by atoms with Crippen molar-refractivity contribution in [2.45, 2.75) is 85.0 Å². The minimum Gasteiger partial charge on any atom is -0.458 e. The molecule has 40 heavy (non-hydrogen) atoms. The minimum atomic E-state index is -1.48. The number of carbonyl (C=O) groups is 3. The number of nitrogens with zero attached hydrogens (tertiary/aromatic N) is 3. The van der Waals surface area contributed by atoms with E-state index in [4.69, 9.17) is 13.9 Å². The Morgan fingerprint density at radius 1 is 1.18 bits per heavy atom. The summed E-state index contributed by atoms with van der Waals surface area (Å²) in [5.41, 5.74) is -0.685. The Balaban J connectivity index is 1.76. The number of oxazole rings is 1. The Morgan fingerprint density at radius 3 is 2.52 bits per heavy atom. The molecule has 0 spiro atoms. The lowest BCUT2D eigenvalue weighted by molar-refractivity contribution is -0.170. The van der Waals surface area contributed by atoms with Gasteiger partial charge in [0.2, 0.25) is 11.8 Å². The van der Waals surface area contributed by atoms with Gasteiger partial charge in [-0.1, -0.05) is 31.2 Å². The zero-order valence-corrected chi connectivity index (χ0v) is 25.2. The van der Waals surface area contributed by atoms with Crippen molar-refractivity contribution in [2.75, 3.05) is 18.1 Å². The molecule has 0 saturated heterocycles. The number of ether oxygens (including phenoxy) is 2. The normalized spacial score (nSPS) is 20.9. The second kappa shape index (κ2) is 11.7. The number of anilines is 1. The number of hydrogen-bond acceptors (Lipinski definition) is 8. The molecular formula is C30H39N3O6S. The van der Waals surface area contributed by atoms with Crippen molar-refractivity contribution in [3.05, 3.63) is 47.9 Å². The molecule has 2 aromatic rings. The second-order valence-electron chi connectivity index (χ2n) is 11.3. The molecule has 1 aliphatic heterocycles. The minimum absolute atomic E-state index is 0.0351. The molecule has 0 bridgehead atoms. The number of thiophene rings is 1. The van der Waals surface area contributed by atoms with Crippen molar-refractivity contribution in [1.29, 1.82) is 0 Å². The highest BCUT2D eigenvalue weighted by Crippen LogP contribution is 2.45. The largest absolute Gasteiger partial charge is 0.458 e. The number of carbonyl (C=O) groups excluding carboxylic acids is 3. The van der Waals surface area contributed by atoms with E-state index in [0.717, 1.165) is 20.9 Å². The fourth-order valence-corrected chi connectivity index (χ4v) is 6.34. The molecule has 9 nitrogen and oxygen atoms in total. The molecule has 0 N–H and O–H groups in total. The highest BCUT2D eigenvalue weighted by molar-refractivity contribution is 7.20. The molecule has 10 heteroatoms. The lowest BCUT2D eigenvalue weighted by Gasteiger charge is -2.40. The average molecular weight is 570 g/mol. The maximum atomic E-state index is 14.4. The smallest absolute Gasteiger partial charge is 0.332 e. The van der Waals surface area contributed by atoms with Gasteiger partial charge in [0.05, 0.1) is 23.6 Å². The third-order valence-electron chi connectivity index (χ3n) is 7.38. The number of esters is 1. The Bertz CT molecular complexity index is 1310. The van der Waals surface area contributed by atoms with Crippen molar-refractivity contribution in [2.24, 2.45) is 5.92 Å². The molecule has 216 valence electrons. The van der Waals surface area contributed by atoms with Gasteiger partial charge in [-0.15, -0.1) is 11.3 Å². The molecule has 0 radical (unpaired) electrons. The van der Waals surface area contributed by atoms with Crippen LogP contribution in [0.2, 0.25) is 0 Å². The summed E-state index contributed by atoms with van der Waals surface area (Å²) in [5.74, 6) is -0.569. The first-order valence-electron chi connectivity index (χ1n) is 13.8. The molecule has 3 atom stereocenters. The van der Waals surface area contributed by atoms with Gasteiger partial charge in [0.25, 0.3) is 0 Å². The summed E-state index contributed by atoms with van der Waals surface area (Å²) in [5, 5.41) is 0.664. The van der Waals surface area contributed by atoms with E-state index in [1.807, 2.05) is 32.1 Å². The van der Waals surface area contributed by atoms with Gasteiger partial charge in [0.1, 0.15) is 22.4 Å². The lowest BCUT2D eigenvalue weighted by Crippen LogP contribution is -2.61. The number of allylic oxidation sites excluding steroid dienone is 2. The van der Waals surface area contributed by atoms with Gasteiger partial charge in [-0.2, -0.15) is 0 Å². The second-order valence-corrected chi connectivity index (χ2v) is 12.3. The van der Waals surface area contributed by atoms with Gasteiger partial charge >= 0.3 is 12.0 Å². The number of rotatable bonds is 9. The fourth-order valence-electron chi connectivity index (χ4n) is 5.05. The molecule has 0 fully saturated rings. The van der Waals surface area contributed by atoms with E-state index in [9.17, 15) is 14.4 Å². The number of urea groups is 1. The summed E-state index contributed by atoms with van der Waals surface area (Å²) >= 11 is 1.37. The van der Waals surface area contributed by atoms with E-state index in [2.05, 4.69) is 11.1 Å². The zero-order valence-electron chi connectivity index (χ0n) is 24.4. The van der Waals surface area contributed by atoms with E-state index in [1.165, 1.54) is 17.6 Å². The fraction of sp³-hybridized carbons (Fsp3) is 0.533. The monoisotopic (exact) mass is 569 g/mol. The van der Waals surface area contributed by atoms with Crippen molar-refractivity contribution >= 4 is 34.2 Å². The van der Waals surface area contributed by atoms with E-state index in [1.54, 1.807) is 45.7 Å². The van der Waals surface area contributed by atoms with Gasteiger partial charge < -0.3 is 13.9 Å². The number of aromatic nitrogens is 1. The summed E-state index contributed by atoms with van der Waals surface area (Å²) in [6, 6.07) is -0.539. The maximum absolute atomic E-state index is 14.4. The van der Waals surface area contributed by atoms with Crippen LogP contribution in [0.3, 0.4) is 0 Å². The van der Waals surface area contributed by atoms with Crippen molar-refractivity contribution in [3.8, 4) is 10.8 Å². The van der Waals surface area contributed by atoms with Crippen LogP contribution in [0.5, 0.6) is 0 Å². The third-order valence-corrected chi connectivity index (χ3v) is 8.72. The SMILES string of the molecule is CCOC1C=CC=CC1CCN1C(=O)N(C(C)(CC)C(=O)OC(C)(C)C)C(=O)Cc2c1sc(-c1ncco1)c2C. The summed E-state index contributed by atoms with van der Waals surface area (Å²) < 4.78 is 17.2. The van der Waals surface area contributed by atoms with Crippen LogP contribution in [0, 0.1) is 12.8 Å². The molecule has 1 aliphatic carbocycles. The van der Waals surface area contributed by atoms with Crippen LogP contribution >= 0.6 is 11.3 Å². The first kappa shape index (κ1) is 29.7. The van der Waals surface area contributed by atoms with Crippen LogP contribution in [0.15, 0.2) is 41.2 Å². The highest BCUT2D eigenvalue weighted by atomic mass is 32.1. The Kier molecular flexibility index (Phi) is 8.70. The Hall–Kier alpha value is -3.24. The lowest BCUT2D eigenvalue weighted by atomic mass is 9.93. The molecule has 0 aromatic carbocycles. The molecule has 3 unspecified atom stereocenters. The maximum Gasteiger partial charge on any atom is 0.332 e. The number of imide groups is 1. The van der Waals surface area contributed by atoms with Crippen molar-refractivity contribution in [1.82, 2.24) is 9.88 Å². The van der Waals surface area contributed by atoms with Crippen molar-refractivity contribution in [3.63, 3.8) is 0 Å². The van der Waals surface area contributed by atoms with Crippen LogP contribution in [-0.2, 0) is 25.5 Å². The van der Waals surface area contributed by atoms with Crippen molar-refractivity contribution < 1.29 is 28.3 Å². The third kappa shape index (κ3) is 5.78. The van der Waals surface area contributed by atoms with Gasteiger partial charge in [0, 0.05) is 24.6 Å². The Labute approximate surface area is 239 Å². The van der Waals surface area contributed by atoms with Gasteiger partial charge in [-0.25, -0.2) is 19.5 Å². The van der Waals surface area contributed by atoms with Gasteiger partial charge in [-0.05, 0) is 59.9 Å². The number of amides is 3. The van der Waals surface area contributed by atoms with E-state index in [0.29, 0.717) is 30.5 Å². The summed E-state index contributed by atoms with van der Waals surface area (Å²) in [6.07, 6.45) is 11.8. The molecule has 2 aliphatic rings. The molecule has 3 heterocycles. The number of hydrogen-bond donors (Lipinski definition) is 0.